The van der Waals surface area contributed by atoms with Gasteiger partial charge in [0.25, 0.3) is 0 Å². The molecule has 0 spiro atoms. The van der Waals surface area contributed by atoms with Crippen LogP contribution in [0.5, 0.6) is 0 Å². The molecule has 1 saturated carbocycles. The third kappa shape index (κ3) is 4.01. The second kappa shape index (κ2) is 8.68. The fourth-order valence-electron chi connectivity index (χ4n) is 4.27. The molecule has 1 rings (SSSR count). The molecule has 0 aliphatic heterocycles. The van der Waals surface area contributed by atoms with Crippen molar-refractivity contribution >= 4 is 11.9 Å². The van der Waals surface area contributed by atoms with Crippen LogP contribution in [0, 0.1) is 10.8 Å². The normalized spacial score (nSPS) is 17.6. The molecule has 0 aromatic carbocycles. The first-order chi connectivity index (χ1) is 11.2. The Morgan fingerprint density at radius 2 is 1.46 bits per heavy atom. The van der Waals surface area contributed by atoms with Crippen molar-refractivity contribution in [2.45, 2.75) is 91.9 Å². The predicted molar refractivity (Wildman–Crippen MR) is 96.0 cm³/mol. The molecule has 4 nitrogen and oxygen atoms in total. The van der Waals surface area contributed by atoms with Crippen molar-refractivity contribution in [1.82, 2.24) is 0 Å². The molecule has 0 saturated heterocycles. The Kier molecular flexibility index (Phi) is 7.50. The highest BCUT2D eigenvalue weighted by Gasteiger charge is 2.56. The van der Waals surface area contributed by atoms with Crippen LogP contribution in [-0.4, -0.2) is 22.2 Å². The molecule has 1 aliphatic rings. The molecule has 2 N–H and O–H groups in total. The highest BCUT2D eigenvalue weighted by molar-refractivity contribution is 5.98. The number of aliphatic carboxylic acids is 2. The van der Waals surface area contributed by atoms with E-state index in [-0.39, 0.29) is 5.57 Å². The standard InChI is InChI=1S/C20H34O4/c1-5-7-13-19(3,4)20(18(23)24,14-8-6-2)16(17(21)22)15-11-9-10-12-15/h5-14H2,1-4H3,(H,21,22)(H,23,24). The molecule has 0 bridgehead atoms. The summed E-state index contributed by atoms with van der Waals surface area (Å²) in [6.45, 7) is 8.00. The van der Waals surface area contributed by atoms with Crippen LogP contribution in [0.25, 0.3) is 0 Å². The van der Waals surface area contributed by atoms with Crippen LogP contribution in [0.15, 0.2) is 11.1 Å². The fourth-order valence-corrected chi connectivity index (χ4v) is 4.27. The van der Waals surface area contributed by atoms with Crippen molar-refractivity contribution in [1.29, 1.82) is 0 Å². The average Bonchev–Trinajstić information content (AvgIpc) is 3.01. The predicted octanol–water partition coefficient (Wildman–Crippen LogP) is 5.42. The number of hydrogen-bond donors (Lipinski definition) is 2. The summed E-state index contributed by atoms with van der Waals surface area (Å²) in [7, 11) is 0. The Hall–Kier alpha value is -1.32. The Morgan fingerprint density at radius 3 is 1.88 bits per heavy atom. The summed E-state index contributed by atoms with van der Waals surface area (Å²) in [4.78, 5) is 24.7. The lowest BCUT2D eigenvalue weighted by atomic mass is 9.56. The second-order valence-electron chi connectivity index (χ2n) is 7.79. The van der Waals surface area contributed by atoms with E-state index in [0.29, 0.717) is 6.42 Å². The fraction of sp³-hybridized carbons (Fsp3) is 0.800. The van der Waals surface area contributed by atoms with Gasteiger partial charge in [-0.15, -0.1) is 0 Å². The SMILES string of the molecule is CCCCC(C)(C)C(CCCC)(C(=O)O)C(C(=O)O)=C1CCCC1. The number of rotatable bonds is 10. The summed E-state index contributed by atoms with van der Waals surface area (Å²) in [6, 6.07) is 0. The molecule has 4 heteroatoms. The number of allylic oxidation sites excluding steroid dienone is 1. The number of unbranched alkanes of at least 4 members (excludes halogenated alkanes) is 2. The Labute approximate surface area is 146 Å². The first-order valence-corrected chi connectivity index (χ1v) is 9.43. The molecule has 24 heavy (non-hydrogen) atoms. The molecule has 0 aromatic heterocycles. The molecular weight excluding hydrogens is 304 g/mol. The third-order valence-corrected chi connectivity index (χ3v) is 5.78. The van der Waals surface area contributed by atoms with Gasteiger partial charge in [-0.2, -0.15) is 0 Å². The third-order valence-electron chi connectivity index (χ3n) is 5.78. The molecule has 0 radical (unpaired) electrons. The summed E-state index contributed by atoms with van der Waals surface area (Å²) < 4.78 is 0. The molecule has 1 aliphatic carbocycles. The molecule has 1 fully saturated rings. The summed E-state index contributed by atoms with van der Waals surface area (Å²) in [5.74, 6) is -2.00. The van der Waals surface area contributed by atoms with Crippen LogP contribution >= 0.6 is 0 Å². The van der Waals surface area contributed by atoms with Crippen LogP contribution < -0.4 is 0 Å². The van der Waals surface area contributed by atoms with Crippen molar-refractivity contribution in [3.05, 3.63) is 11.1 Å². The largest absolute Gasteiger partial charge is 0.481 e. The zero-order valence-electron chi connectivity index (χ0n) is 15.8. The highest BCUT2D eigenvalue weighted by atomic mass is 16.4. The second-order valence-corrected chi connectivity index (χ2v) is 7.79. The van der Waals surface area contributed by atoms with E-state index in [9.17, 15) is 19.8 Å². The lowest BCUT2D eigenvalue weighted by molar-refractivity contribution is -0.158. The topological polar surface area (TPSA) is 74.6 Å². The van der Waals surface area contributed by atoms with Crippen LogP contribution in [-0.2, 0) is 9.59 Å². The van der Waals surface area contributed by atoms with Gasteiger partial charge in [-0.25, -0.2) is 4.79 Å². The molecular formula is C20H34O4. The minimum atomic E-state index is -1.30. The maximum atomic E-state index is 12.5. The smallest absolute Gasteiger partial charge is 0.332 e. The van der Waals surface area contributed by atoms with Gasteiger partial charge in [0.05, 0.1) is 5.57 Å². The molecule has 0 heterocycles. The van der Waals surface area contributed by atoms with Crippen LogP contribution in [0.1, 0.15) is 91.9 Å². The summed E-state index contributed by atoms with van der Waals surface area (Å²) in [5, 5.41) is 20.3. The van der Waals surface area contributed by atoms with E-state index in [4.69, 9.17) is 0 Å². The number of carboxylic acid groups (broad SMARTS) is 2. The van der Waals surface area contributed by atoms with E-state index in [1.54, 1.807) is 0 Å². The maximum absolute atomic E-state index is 12.5. The minimum Gasteiger partial charge on any atom is -0.481 e. The summed E-state index contributed by atoms with van der Waals surface area (Å²) >= 11 is 0. The van der Waals surface area contributed by atoms with Gasteiger partial charge in [0.15, 0.2) is 0 Å². The Balaban J connectivity index is 3.57. The summed E-state index contributed by atoms with van der Waals surface area (Å²) in [5.41, 5.74) is -0.829. The molecule has 1 atom stereocenters. The van der Waals surface area contributed by atoms with E-state index in [1.165, 1.54) is 0 Å². The van der Waals surface area contributed by atoms with E-state index in [1.807, 2.05) is 20.8 Å². The quantitative estimate of drug-likeness (QED) is 0.522. The Morgan fingerprint density at radius 1 is 0.958 bits per heavy atom. The lowest BCUT2D eigenvalue weighted by Gasteiger charge is -2.45. The van der Waals surface area contributed by atoms with Crippen molar-refractivity contribution in [3.63, 3.8) is 0 Å². The van der Waals surface area contributed by atoms with E-state index < -0.39 is 22.8 Å². The van der Waals surface area contributed by atoms with E-state index in [2.05, 4.69) is 6.92 Å². The van der Waals surface area contributed by atoms with Crippen LogP contribution in [0.3, 0.4) is 0 Å². The van der Waals surface area contributed by atoms with Gasteiger partial charge < -0.3 is 10.2 Å². The van der Waals surface area contributed by atoms with Crippen molar-refractivity contribution in [2.75, 3.05) is 0 Å². The van der Waals surface area contributed by atoms with Gasteiger partial charge in [-0.1, -0.05) is 59.0 Å². The average molecular weight is 338 g/mol. The monoisotopic (exact) mass is 338 g/mol. The van der Waals surface area contributed by atoms with Gasteiger partial charge in [0.2, 0.25) is 0 Å². The number of hydrogen-bond acceptors (Lipinski definition) is 2. The Bertz CT molecular complexity index is 482. The first kappa shape index (κ1) is 20.7. The lowest BCUT2D eigenvalue weighted by Crippen LogP contribution is -2.48. The minimum absolute atomic E-state index is 0.196. The van der Waals surface area contributed by atoms with Crippen molar-refractivity contribution in [3.8, 4) is 0 Å². The van der Waals surface area contributed by atoms with Crippen LogP contribution in [0.4, 0.5) is 0 Å². The first-order valence-electron chi connectivity index (χ1n) is 9.43. The van der Waals surface area contributed by atoms with Crippen molar-refractivity contribution in [2.24, 2.45) is 10.8 Å². The van der Waals surface area contributed by atoms with Crippen molar-refractivity contribution < 1.29 is 19.8 Å². The van der Waals surface area contributed by atoms with E-state index in [0.717, 1.165) is 63.4 Å². The van der Waals surface area contributed by atoms with Gasteiger partial charge in [-0.3, -0.25) is 4.79 Å². The zero-order chi connectivity index (χ0) is 18.4. The highest BCUT2D eigenvalue weighted by Crippen LogP contribution is 2.54. The van der Waals surface area contributed by atoms with Gasteiger partial charge in [-0.05, 0) is 43.9 Å². The van der Waals surface area contributed by atoms with E-state index >= 15 is 0 Å². The van der Waals surface area contributed by atoms with Gasteiger partial charge >= 0.3 is 11.9 Å². The number of carboxylic acids is 2. The van der Waals surface area contributed by atoms with Gasteiger partial charge in [0, 0.05) is 0 Å². The van der Waals surface area contributed by atoms with Crippen LogP contribution in [0.2, 0.25) is 0 Å². The molecule has 1 unspecified atom stereocenters. The molecule has 0 amide bonds. The zero-order valence-corrected chi connectivity index (χ0v) is 15.8. The maximum Gasteiger partial charge on any atom is 0.332 e. The molecule has 138 valence electrons. The summed E-state index contributed by atoms with van der Waals surface area (Å²) in [6.07, 6.45) is 7.99. The number of carbonyl (C=O) groups is 2. The molecule has 0 aromatic rings. The van der Waals surface area contributed by atoms with Gasteiger partial charge in [0.1, 0.15) is 5.41 Å².